The fourth-order valence-electron chi connectivity index (χ4n) is 10.7. The fraction of sp³-hybridized carbons (Fsp3) is 0.619. The molecule has 4 fully saturated rings. The van der Waals surface area contributed by atoms with E-state index in [0.29, 0.717) is 12.3 Å². The van der Waals surface area contributed by atoms with E-state index in [9.17, 15) is 13.2 Å². The van der Waals surface area contributed by atoms with E-state index in [2.05, 4.69) is 50.7 Å². The Kier molecular flexibility index (Phi) is 9.89. The van der Waals surface area contributed by atoms with Crippen molar-refractivity contribution in [2.24, 2.45) is 11.8 Å². The molecule has 10 nitrogen and oxygen atoms in total. The minimum atomic E-state index is -3.99. The Balaban J connectivity index is 1.23. The minimum absolute atomic E-state index is 0.0157. The molecule has 2 amide bonds. The second-order valence-corrected chi connectivity index (χ2v) is 18.7. The van der Waals surface area contributed by atoms with Gasteiger partial charge in [0.2, 0.25) is 11.8 Å². The van der Waals surface area contributed by atoms with Crippen molar-refractivity contribution in [3.8, 4) is 5.75 Å². The lowest BCUT2D eigenvalue weighted by molar-refractivity contribution is -0.137. The fourth-order valence-corrected chi connectivity index (χ4v) is 11.2. The lowest BCUT2D eigenvalue weighted by atomic mass is 9.75. The van der Waals surface area contributed by atoms with Crippen LogP contribution in [0.2, 0.25) is 0 Å². The normalized spacial score (nSPS) is 26.0. The van der Waals surface area contributed by atoms with Gasteiger partial charge in [0.15, 0.2) is 0 Å². The molecule has 0 spiro atoms. The Morgan fingerprint density at radius 3 is 2.36 bits per heavy atom. The number of rotatable bonds is 9. The Morgan fingerprint density at radius 1 is 0.962 bits per heavy atom. The van der Waals surface area contributed by atoms with E-state index in [-0.39, 0.29) is 23.3 Å². The van der Waals surface area contributed by atoms with E-state index in [1.54, 1.807) is 7.11 Å². The van der Waals surface area contributed by atoms with Crippen molar-refractivity contribution in [1.82, 2.24) is 23.4 Å². The summed E-state index contributed by atoms with van der Waals surface area (Å²) < 4.78 is 37.2. The van der Waals surface area contributed by atoms with E-state index in [0.717, 1.165) is 88.7 Å². The number of carbonyl (C=O) groups excluding carboxylic acids is 2. The number of ether oxygens (including phenoxy) is 1. The number of nitrogens with zero attached hydrogens (tertiary/aromatic N) is 4. The summed E-state index contributed by atoms with van der Waals surface area (Å²) in [6.45, 7) is 2.95. The van der Waals surface area contributed by atoms with Gasteiger partial charge in [-0.1, -0.05) is 63.2 Å². The minimum Gasteiger partial charge on any atom is -0.496 e. The van der Waals surface area contributed by atoms with E-state index >= 15 is 4.79 Å². The number of amides is 2. The van der Waals surface area contributed by atoms with Gasteiger partial charge >= 0.3 is 10.2 Å². The summed E-state index contributed by atoms with van der Waals surface area (Å²) in [5, 5.41) is 1.02. The smallest absolute Gasteiger partial charge is 0.303 e. The quantitative estimate of drug-likeness (QED) is 0.307. The van der Waals surface area contributed by atoms with Crippen LogP contribution in [0.5, 0.6) is 5.75 Å². The molecule has 2 aliphatic heterocycles. The van der Waals surface area contributed by atoms with E-state index in [4.69, 9.17) is 4.74 Å². The van der Waals surface area contributed by atoms with Gasteiger partial charge in [-0.25, -0.2) is 4.72 Å². The third kappa shape index (κ3) is 6.48. The Morgan fingerprint density at radius 2 is 1.66 bits per heavy atom. The van der Waals surface area contributed by atoms with Gasteiger partial charge in [-0.3, -0.25) is 14.5 Å². The summed E-state index contributed by atoms with van der Waals surface area (Å²) >= 11 is 0. The number of nitrogens with one attached hydrogen (secondary N) is 1. The Labute approximate surface area is 315 Å². The predicted molar refractivity (Wildman–Crippen MR) is 209 cm³/mol. The zero-order valence-electron chi connectivity index (χ0n) is 32.0. The first-order chi connectivity index (χ1) is 25.5. The zero-order chi connectivity index (χ0) is 37.1. The monoisotopic (exact) mass is 743 g/mol. The molecule has 1 N–H and O–H groups in total. The zero-order valence-corrected chi connectivity index (χ0v) is 32.8. The maximum atomic E-state index is 15.1. The average Bonchev–Trinajstić information content (AvgIpc) is 3.80. The summed E-state index contributed by atoms with van der Waals surface area (Å²) in [4.78, 5) is 33.6. The van der Waals surface area contributed by atoms with Gasteiger partial charge in [0.25, 0.3) is 0 Å². The van der Waals surface area contributed by atoms with Crippen LogP contribution in [-0.4, -0.2) is 92.3 Å². The largest absolute Gasteiger partial charge is 0.496 e. The molecule has 286 valence electrons. The number of likely N-dealkylation sites (N-methyl/N-ethyl adjacent to an activating group) is 1. The highest BCUT2D eigenvalue weighted by atomic mass is 32.2. The third-order valence-corrected chi connectivity index (χ3v) is 14.9. The molecule has 0 bridgehead atoms. The molecule has 3 heterocycles. The van der Waals surface area contributed by atoms with Crippen molar-refractivity contribution in [1.29, 1.82) is 0 Å². The van der Waals surface area contributed by atoms with Crippen LogP contribution in [0, 0.1) is 11.8 Å². The van der Waals surface area contributed by atoms with Crippen LogP contribution < -0.4 is 9.46 Å². The highest BCUT2D eigenvalue weighted by Gasteiger charge is 2.52. The number of benzene rings is 1. The molecule has 1 aromatic carbocycles. The topological polar surface area (TPSA) is 104 Å². The molecule has 1 aromatic heterocycles. The molecule has 2 aromatic rings. The van der Waals surface area contributed by atoms with Gasteiger partial charge in [0.1, 0.15) is 5.75 Å². The third-order valence-electron chi connectivity index (χ3n) is 13.4. The number of hydrogen-bond donors (Lipinski definition) is 1. The molecule has 4 aliphatic carbocycles. The number of likely N-dealkylation sites (tertiary alicyclic amines) is 1. The first kappa shape index (κ1) is 36.6. The van der Waals surface area contributed by atoms with Crippen LogP contribution in [0.4, 0.5) is 0 Å². The second-order valence-electron chi connectivity index (χ2n) is 16.8. The van der Waals surface area contributed by atoms with Gasteiger partial charge in [-0.2, -0.15) is 12.7 Å². The average molecular weight is 744 g/mol. The standard InChI is InChI=1S/C42H57N5O5S/c1-44(2)53(50,51)43-40(48)38-33-26-47-34(25-32-35(52-4)20-19-29(39(32)47)28-15-8-5-9-16-28)36-30(37(33)38)17-14-18-31(36)41(49)45(3)27-42(21-10-6-11-22-42)46-23-12-7-13-24-46/h14,17,19-20,25-26,28,31,36,38H,5-13,15-16,18,21-24,27H2,1-4H3,(H,43,48)/t31-,36?,38?/m1/s1. The number of carbonyl (C=O) groups is 2. The SMILES string of the molecule is COc1ccc(C2CCCCC2)c2c1cc1n2C=C2C(=C3C=CC[C@@H](C(=O)N(C)CC4(N5CCCCC5)CCCCC4)C31)C2C(=O)NS(=O)(=O)N(C)C. The van der Waals surface area contributed by atoms with Crippen LogP contribution in [0.15, 0.2) is 47.1 Å². The van der Waals surface area contributed by atoms with Crippen molar-refractivity contribution >= 4 is 39.1 Å². The number of aromatic nitrogens is 1. The Bertz CT molecular complexity index is 1970. The molecular weight excluding hydrogens is 687 g/mol. The lowest BCUT2D eigenvalue weighted by Gasteiger charge is -2.50. The molecule has 3 saturated carbocycles. The molecule has 2 unspecified atom stereocenters. The molecule has 53 heavy (non-hydrogen) atoms. The molecule has 6 aliphatic rings. The second kappa shape index (κ2) is 14.3. The van der Waals surface area contributed by atoms with E-state index < -0.39 is 22.0 Å². The Hall–Kier alpha value is -3.41. The van der Waals surface area contributed by atoms with Gasteiger partial charge in [0.05, 0.1) is 24.5 Å². The van der Waals surface area contributed by atoms with Gasteiger partial charge in [0, 0.05) is 56.4 Å². The van der Waals surface area contributed by atoms with Gasteiger partial charge < -0.3 is 14.2 Å². The lowest BCUT2D eigenvalue weighted by Crippen LogP contribution is -2.59. The summed E-state index contributed by atoms with van der Waals surface area (Å²) in [5.74, 6) is -0.618. The van der Waals surface area contributed by atoms with Crippen LogP contribution in [0.1, 0.15) is 113 Å². The van der Waals surface area contributed by atoms with Crippen molar-refractivity contribution in [2.45, 2.75) is 107 Å². The van der Waals surface area contributed by atoms with Crippen molar-refractivity contribution in [2.75, 3.05) is 47.9 Å². The number of fused-ring (bicyclic) bond motifs is 6. The van der Waals surface area contributed by atoms with Crippen molar-refractivity contribution in [3.63, 3.8) is 0 Å². The molecule has 1 saturated heterocycles. The van der Waals surface area contributed by atoms with E-state index in [1.165, 1.54) is 77.4 Å². The van der Waals surface area contributed by atoms with E-state index in [1.807, 2.05) is 11.9 Å². The van der Waals surface area contributed by atoms with Crippen LogP contribution in [0.25, 0.3) is 17.1 Å². The number of allylic oxidation sites excluding steroid dienone is 3. The maximum Gasteiger partial charge on any atom is 0.303 e. The highest BCUT2D eigenvalue weighted by Crippen LogP contribution is 2.57. The van der Waals surface area contributed by atoms with Crippen LogP contribution >= 0.6 is 0 Å². The summed E-state index contributed by atoms with van der Waals surface area (Å²) in [6.07, 6.45) is 22.4. The first-order valence-electron chi connectivity index (χ1n) is 20.1. The predicted octanol–water partition coefficient (Wildman–Crippen LogP) is 6.71. The molecule has 0 radical (unpaired) electrons. The summed E-state index contributed by atoms with van der Waals surface area (Å²) in [7, 11) is 2.56. The summed E-state index contributed by atoms with van der Waals surface area (Å²) in [6, 6.07) is 6.53. The number of methoxy groups -OCH3 is 1. The summed E-state index contributed by atoms with van der Waals surface area (Å²) in [5.41, 5.74) is 5.99. The molecule has 8 rings (SSSR count). The first-order valence-corrected chi connectivity index (χ1v) is 21.6. The van der Waals surface area contributed by atoms with Crippen LogP contribution in [0.3, 0.4) is 0 Å². The molecular formula is C42H57N5O5S. The van der Waals surface area contributed by atoms with Gasteiger partial charge in [-0.15, -0.1) is 0 Å². The van der Waals surface area contributed by atoms with Crippen molar-refractivity contribution in [3.05, 3.63) is 58.3 Å². The maximum absolute atomic E-state index is 15.1. The van der Waals surface area contributed by atoms with Gasteiger partial charge in [-0.05, 0) is 98.4 Å². The molecule has 3 atom stereocenters. The number of hydrogen-bond acceptors (Lipinski definition) is 6. The highest BCUT2D eigenvalue weighted by molar-refractivity contribution is 7.87. The van der Waals surface area contributed by atoms with Crippen molar-refractivity contribution < 1.29 is 22.7 Å². The number of piperidine rings is 1. The molecule has 11 heteroatoms. The van der Waals surface area contributed by atoms with Crippen LogP contribution in [-0.2, 0) is 19.8 Å².